The van der Waals surface area contributed by atoms with Crippen molar-refractivity contribution in [3.63, 3.8) is 0 Å². The molecule has 2 aromatic heterocycles. The number of sulfonamides is 1. The largest absolute Gasteiger partial charge is 0.455 e. The van der Waals surface area contributed by atoms with Crippen molar-refractivity contribution < 1.29 is 22.9 Å². The summed E-state index contributed by atoms with van der Waals surface area (Å²) >= 11 is 6.29. The van der Waals surface area contributed by atoms with Crippen molar-refractivity contribution in [1.29, 1.82) is 0 Å². The number of quaternary nitrogens is 1. The van der Waals surface area contributed by atoms with E-state index in [-0.39, 0.29) is 46.4 Å². The summed E-state index contributed by atoms with van der Waals surface area (Å²) in [5.41, 5.74) is 10.8. The number of piperazine rings is 1. The zero-order chi connectivity index (χ0) is 44.1. The van der Waals surface area contributed by atoms with Crippen LogP contribution in [0.5, 0.6) is 11.5 Å². The summed E-state index contributed by atoms with van der Waals surface area (Å²) in [6, 6.07) is 21.2. The number of rotatable bonds is 13. The number of primary amides is 1. The Balaban J connectivity index is 1.07. The maximum atomic E-state index is 15.5. The number of carbonyl (C=O) groups is 1. The molecule has 1 saturated carbocycles. The number of nitrogens with two attached hydrogens (primary N) is 1. The van der Waals surface area contributed by atoms with Crippen molar-refractivity contribution >= 4 is 61.2 Å². The number of allylic oxidation sites excluding steroid dienone is 1. The van der Waals surface area contributed by atoms with E-state index >= 15 is 8.42 Å². The summed E-state index contributed by atoms with van der Waals surface area (Å²) in [6.45, 7) is 8.16. The number of piperidine rings is 1. The molecule has 3 fully saturated rings. The van der Waals surface area contributed by atoms with Crippen LogP contribution in [0.4, 0.5) is 17.1 Å². The van der Waals surface area contributed by atoms with Gasteiger partial charge in [0, 0.05) is 79.6 Å². The van der Waals surface area contributed by atoms with Crippen molar-refractivity contribution in [3.05, 3.63) is 117 Å². The number of hydrogen-bond acceptors (Lipinski definition) is 10. The van der Waals surface area contributed by atoms with Gasteiger partial charge in [0.05, 0.1) is 16.7 Å². The van der Waals surface area contributed by atoms with Crippen molar-refractivity contribution in [2.45, 2.75) is 75.8 Å². The SMILES string of the molecule is CC1(C)CCC(CN2CC[N+](c3ccc(C(N)=O)c(Oc4cnc5[nH]ccc5c4)c3)(S(=O)(=O)c3ccc(NC4CCN(C5CC5)CC4)c([N+](=O)[O-])c3)CC2)=C(c2ccc(Cl)cc2)C1. The molecule has 4 heterocycles. The Morgan fingerprint density at radius 2 is 1.76 bits per heavy atom. The molecule has 63 heavy (non-hydrogen) atoms. The third-order valence-electron chi connectivity index (χ3n) is 13.5. The smallest absolute Gasteiger partial charge is 0.332 e. The Hall–Kier alpha value is -5.32. The van der Waals surface area contributed by atoms with Gasteiger partial charge in [-0.05, 0) is 104 Å². The third kappa shape index (κ3) is 8.81. The normalized spacial score (nSPS) is 19.9. The van der Waals surface area contributed by atoms with Crippen molar-refractivity contribution in [1.82, 2.24) is 23.7 Å². The molecule has 16 heteroatoms. The number of hydrogen-bond donors (Lipinski definition) is 3. The topological polar surface area (TPSA) is 177 Å². The predicted octanol–water partition coefficient (Wildman–Crippen LogP) is 8.73. The zero-order valence-electron chi connectivity index (χ0n) is 35.7. The van der Waals surface area contributed by atoms with Gasteiger partial charge < -0.3 is 25.7 Å². The number of carbonyl (C=O) groups excluding carboxylic acids is 1. The van der Waals surface area contributed by atoms with Gasteiger partial charge in [-0.25, -0.2) is 4.98 Å². The molecule has 330 valence electrons. The van der Waals surface area contributed by atoms with E-state index < -0.39 is 24.7 Å². The van der Waals surface area contributed by atoms with Gasteiger partial charge in [0.15, 0.2) is 5.69 Å². The Morgan fingerprint density at radius 1 is 1.02 bits per heavy atom. The molecule has 0 bridgehead atoms. The number of nitro benzene ring substituents is 1. The second-order valence-corrected chi connectivity index (χ2v) is 20.9. The summed E-state index contributed by atoms with van der Waals surface area (Å²) in [4.78, 5) is 37.1. The molecule has 4 N–H and O–H groups in total. The predicted molar refractivity (Wildman–Crippen MR) is 247 cm³/mol. The number of aromatic amines is 1. The summed E-state index contributed by atoms with van der Waals surface area (Å²) in [7, 11) is -4.41. The molecule has 2 aliphatic heterocycles. The summed E-state index contributed by atoms with van der Waals surface area (Å²) in [5, 5.41) is 17.5. The number of ether oxygens (including phenoxy) is 1. The number of nitrogens with zero attached hydrogens (tertiary/aromatic N) is 5. The Bertz CT molecular complexity index is 2700. The molecule has 5 aromatic rings. The molecule has 1 amide bonds. The number of fused-ring (bicyclic) bond motifs is 1. The third-order valence-corrected chi connectivity index (χ3v) is 16.1. The zero-order valence-corrected chi connectivity index (χ0v) is 37.3. The number of pyridine rings is 1. The first kappa shape index (κ1) is 43.0. The van der Waals surface area contributed by atoms with Crippen molar-refractivity contribution in [3.8, 4) is 11.5 Å². The average Bonchev–Trinajstić information content (AvgIpc) is 4.01. The van der Waals surface area contributed by atoms with Crippen LogP contribution in [0.25, 0.3) is 16.6 Å². The van der Waals surface area contributed by atoms with E-state index in [9.17, 15) is 14.9 Å². The fraction of sp³-hybridized carbons (Fsp3) is 0.404. The van der Waals surface area contributed by atoms with Gasteiger partial charge >= 0.3 is 10.0 Å². The number of nitrogens with one attached hydrogen (secondary N) is 2. The monoisotopic (exact) mass is 893 g/mol. The molecule has 2 aliphatic carbocycles. The fourth-order valence-corrected chi connectivity index (χ4v) is 11.8. The lowest BCUT2D eigenvalue weighted by molar-refractivity contribution is -0.384. The van der Waals surface area contributed by atoms with E-state index in [1.807, 2.05) is 18.2 Å². The lowest BCUT2D eigenvalue weighted by Gasteiger charge is -2.43. The van der Waals surface area contributed by atoms with Gasteiger partial charge in [-0.2, -0.15) is 12.3 Å². The number of aromatic nitrogens is 2. The number of benzene rings is 3. The molecule has 3 aromatic carbocycles. The van der Waals surface area contributed by atoms with Crippen molar-refractivity contribution in [2.24, 2.45) is 11.1 Å². The van der Waals surface area contributed by atoms with Gasteiger partial charge in [-0.1, -0.05) is 43.2 Å². The van der Waals surface area contributed by atoms with Crippen LogP contribution in [0, 0.1) is 15.5 Å². The molecule has 0 unspecified atom stereocenters. The molecule has 14 nitrogen and oxygen atoms in total. The molecule has 9 rings (SSSR count). The first-order valence-corrected chi connectivity index (χ1v) is 23.7. The first-order valence-electron chi connectivity index (χ1n) is 21.8. The molecule has 0 atom stereocenters. The molecular formula is C47H54ClN8O6S+. The minimum Gasteiger partial charge on any atom is -0.455 e. The number of halogens is 1. The van der Waals surface area contributed by atoms with Crippen LogP contribution in [0.3, 0.4) is 0 Å². The highest BCUT2D eigenvalue weighted by Gasteiger charge is 2.49. The van der Waals surface area contributed by atoms with Crippen LogP contribution in [-0.2, 0) is 10.0 Å². The second kappa shape index (κ2) is 17.0. The van der Waals surface area contributed by atoms with E-state index in [1.165, 1.54) is 54.5 Å². The maximum Gasteiger partial charge on any atom is 0.332 e. The number of nitro groups is 1. The van der Waals surface area contributed by atoms with Gasteiger partial charge in [0.25, 0.3) is 11.6 Å². The van der Waals surface area contributed by atoms with Crippen LogP contribution in [0.15, 0.2) is 95.7 Å². The van der Waals surface area contributed by atoms with Gasteiger partial charge in [-0.3, -0.25) is 19.8 Å². The van der Waals surface area contributed by atoms with E-state index in [0.717, 1.165) is 56.1 Å². The quantitative estimate of drug-likeness (QED) is 0.0589. The Morgan fingerprint density at radius 3 is 2.46 bits per heavy atom. The maximum absolute atomic E-state index is 15.5. The Labute approximate surface area is 372 Å². The minimum absolute atomic E-state index is 0.0357. The molecule has 4 aliphatic rings. The number of amides is 1. The van der Waals surface area contributed by atoms with Crippen LogP contribution in [0.2, 0.25) is 5.02 Å². The number of anilines is 1. The van der Waals surface area contributed by atoms with Crippen LogP contribution in [0.1, 0.15) is 74.7 Å². The van der Waals surface area contributed by atoms with E-state index in [2.05, 4.69) is 51.1 Å². The molecular weight excluding hydrogens is 840 g/mol. The van der Waals surface area contributed by atoms with E-state index in [0.29, 0.717) is 53.5 Å². The highest BCUT2D eigenvalue weighted by molar-refractivity contribution is 7.91. The van der Waals surface area contributed by atoms with Crippen molar-refractivity contribution in [2.75, 3.05) is 51.1 Å². The number of H-pyrrole nitrogens is 1. The van der Waals surface area contributed by atoms with E-state index in [4.69, 9.17) is 22.1 Å². The number of likely N-dealkylation sites (tertiary alicyclic amines) is 1. The standard InChI is InChI=1S/C47H53ClN8O6S/c1-47(2)17-13-33(41(28-47)31-3-5-34(48)6-4-31)30-53-21-23-56(24-22-53,37-9-11-40(45(49)57)44(26-37)62-38-25-32-14-18-50-46(32)51-29-38)63(60,61)39-10-12-42(43(27-39)55(58)59)52-35-15-19-54(20-16-35)36-7-8-36/h3-6,9-12,14,18,25-27,29,35-36,52H,7-8,13,15-17,19-24,28,30H2,1-2H3,(H2-,49,50,51,57)/p+1. The molecule has 2 saturated heterocycles. The summed E-state index contributed by atoms with van der Waals surface area (Å²) < 4.78 is 36.7. The molecule has 0 radical (unpaired) electrons. The van der Waals surface area contributed by atoms with Gasteiger partial charge in [-0.15, -0.1) is 0 Å². The summed E-state index contributed by atoms with van der Waals surface area (Å²) in [5.74, 6) is -0.338. The highest BCUT2D eigenvalue weighted by Crippen LogP contribution is 2.45. The van der Waals surface area contributed by atoms with E-state index in [1.54, 1.807) is 24.4 Å². The van der Waals surface area contributed by atoms with Gasteiger partial charge in [0.1, 0.15) is 40.8 Å². The lowest BCUT2D eigenvalue weighted by Crippen LogP contribution is -2.63. The highest BCUT2D eigenvalue weighted by atomic mass is 35.5. The van der Waals surface area contributed by atoms with Gasteiger partial charge in [0.2, 0.25) is 0 Å². The van der Waals surface area contributed by atoms with Crippen LogP contribution in [-0.4, -0.2) is 96.9 Å². The average molecular weight is 895 g/mol. The van der Waals surface area contributed by atoms with Crippen LogP contribution >= 0.6 is 11.6 Å². The second-order valence-electron chi connectivity index (χ2n) is 18.4. The lowest BCUT2D eigenvalue weighted by atomic mass is 9.72. The summed E-state index contributed by atoms with van der Waals surface area (Å²) in [6.07, 6.45) is 10.3. The molecule has 0 spiro atoms. The minimum atomic E-state index is -4.41. The van der Waals surface area contributed by atoms with Crippen LogP contribution < -0.4 is 19.7 Å². The fourth-order valence-electron chi connectivity index (χ4n) is 9.73. The first-order chi connectivity index (χ1) is 30.2. The Kier molecular flexibility index (Phi) is 11.6.